The van der Waals surface area contributed by atoms with Crippen molar-refractivity contribution in [3.8, 4) is 0 Å². The molecular weight excluding hydrogens is 504 g/mol. The quantitative estimate of drug-likeness (QED) is 0.407. The molecule has 3 aromatic carbocycles. The smallest absolute Gasteiger partial charge is 0.207 e. The molecule has 0 atom stereocenters. The van der Waals surface area contributed by atoms with Crippen molar-refractivity contribution in [1.82, 2.24) is 9.03 Å². The number of benzene rings is 3. The molecule has 0 radical (unpaired) electrons. The van der Waals surface area contributed by atoms with Crippen molar-refractivity contribution in [2.24, 2.45) is 0 Å². The lowest BCUT2D eigenvalue weighted by Crippen LogP contribution is -2.38. The molecule has 0 aliphatic heterocycles. The molecule has 0 heterocycles. The molecule has 6 nitrogen and oxygen atoms in total. The Morgan fingerprint density at radius 1 is 0.800 bits per heavy atom. The summed E-state index contributed by atoms with van der Waals surface area (Å²) in [6.45, 7) is 2.36. The number of hydrogen-bond acceptors (Lipinski definition) is 4. The van der Waals surface area contributed by atoms with Crippen molar-refractivity contribution in [2.75, 3.05) is 0 Å². The number of nitrogens with zero attached hydrogens (tertiary/aromatic N) is 1. The van der Waals surface area contributed by atoms with Gasteiger partial charge in [-0.05, 0) is 67.3 Å². The van der Waals surface area contributed by atoms with Crippen LogP contribution in [0.15, 0.2) is 82.6 Å². The van der Waals surface area contributed by atoms with Gasteiger partial charge >= 0.3 is 0 Å². The average Bonchev–Trinajstić information content (AvgIpc) is 3.38. The number of nitrogens with one attached hydrogen (secondary N) is 1. The van der Waals surface area contributed by atoms with Crippen LogP contribution in [0, 0.1) is 6.92 Å². The van der Waals surface area contributed by atoms with Crippen molar-refractivity contribution in [1.29, 1.82) is 0 Å². The largest absolute Gasteiger partial charge is 0.243 e. The van der Waals surface area contributed by atoms with Gasteiger partial charge in [0.2, 0.25) is 20.0 Å². The Balaban J connectivity index is 1.54. The third-order valence-electron chi connectivity index (χ3n) is 6.31. The fourth-order valence-corrected chi connectivity index (χ4v) is 7.08. The predicted molar refractivity (Wildman–Crippen MR) is 138 cm³/mol. The molecule has 0 aromatic heterocycles. The monoisotopic (exact) mass is 532 g/mol. The summed E-state index contributed by atoms with van der Waals surface area (Å²) in [5, 5.41) is 0.594. The highest BCUT2D eigenvalue weighted by molar-refractivity contribution is 7.89. The van der Waals surface area contributed by atoms with Gasteiger partial charge in [-0.25, -0.2) is 21.6 Å². The molecule has 0 bridgehead atoms. The van der Waals surface area contributed by atoms with Crippen LogP contribution >= 0.6 is 11.6 Å². The molecule has 1 saturated carbocycles. The van der Waals surface area contributed by atoms with Crippen LogP contribution in [0.5, 0.6) is 0 Å². The summed E-state index contributed by atoms with van der Waals surface area (Å²) in [5.41, 5.74) is 2.79. The number of halogens is 1. The Bertz CT molecular complexity index is 1350. The first-order valence-corrected chi connectivity index (χ1v) is 14.9. The minimum atomic E-state index is -3.83. The van der Waals surface area contributed by atoms with E-state index in [0.29, 0.717) is 5.02 Å². The summed E-state index contributed by atoms with van der Waals surface area (Å²) in [6.07, 6.45) is 3.59. The maximum Gasteiger partial charge on any atom is 0.243 e. The Labute approximate surface area is 213 Å². The summed E-state index contributed by atoms with van der Waals surface area (Å²) in [5.74, 6) is 0. The normalized spacial score (nSPS) is 15.1. The summed E-state index contributed by atoms with van der Waals surface area (Å²) in [7, 11) is -7.62. The van der Waals surface area contributed by atoms with E-state index in [9.17, 15) is 16.8 Å². The summed E-state index contributed by atoms with van der Waals surface area (Å²) in [6, 6.07) is 20.1. The zero-order valence-corrected chi connectivity index (χ0v) is 21.9. The molecule has 35 heavy (non-hydrogen) atoms. The van der Waals surface area contributed by atoms with Gasteiger partial charge in [0.15, 0.2) is 0 Å². The first-order valence-electron chi connectivity index (χ1n) is 11.6. The van der Waals surface area contributed by atoms with Crippen LogP contribution < -0.4 is 4.72 Å². The van der Waals surface area contributed by atoms with Crippen LogP contribution in [-0.2, 0) is 33.1 Å². The van der Waals surface area contributed by atoms with E-state index in [4.69, 9.17) is 11.6 Å². The maximum absolute atomic E-state index is 13.6. The number of rotatable bonds is 9. The lowest BCUT2D eigenvalue weighted by Gasteiger charge is -2.28. The molecule has 0 spiro atoms. The lowest BCUT2D eigenvalue weighted by atomic mass is 10.2. The molecule has 9 heteroatoms. The van der Waals surface area contributed by atoms with Crippen molar-refractivity contribution in [3.63, 3.8) is 0 Å². The fraction of sp³-hybridized carbons (Fsp3) is 0.308. The first kappa shape index (κ1) is 25.9. The van der Waals surface area contributed by atoms with Crippen molar-refractivity contribution in [2.45, 2.75) is 61.5 Å². The second-order valence-corrected chi connectivity index (χ2v) is 13.0. The predicted octanol–water partition coefficient (Wildman–Crippen LogP) is 5.26. The number of aryl methyl sites for hydroxylation is 1. The second-order valence-electron chi connectivity index (χ2n) is 8.90. The summed E-state index contributed by atoms with van der Waals surface area (Å²) >= 11 is 5.99. The van der Waals surface area contributed by atoms with E-state index in [2.05, 4.69) is 4.72 Å². The van der Waals surface area contributed by atoms with Gasteiger partial charge in [-0.15, -0.1) is 0 Å². The Morgan fingerprint density at radius 2 is 1.34 bits per heavy atom. The van der Waals surface area contributed by atoms with Crippen molar-refractivity contribution in [3.05, 3.63) is 94.5 Å². The Morgan fingerprint density at radius 3 is 1.94 bits per heavy atom. The van der Waals surface area contributed by atoms with Gasteiger partial charge in [-0.2, -0.15) is 4.31 Å². The highest BCUT2D eigenvalue weighted by Crippen LogP contribution is 2.31. The van der Waals surface area contributed by atoms with Gasteiger partial charge in [-0.1, -0.05) is 66.4 Å². The number of hydrogen-bond donors (Lipinski definition) is 1. The van der Waals surface area contributed by atoms with Gasteiger partial charge in [0, 0.05) is 24.2 Å². The highest BCUT2D eigenvalue weighted by atomic mass is 35.5. The lowest BCUT2D eigenvalue weighted by molar-refractivity contribution is 0.316. The summed E-state index contributed by atoms with van der Waals surface area (Å²) in [4.78, 5) is 0.101. The fourth-order valence-electron chi connectivity index (χ4n) is 4.27. The van der Waals surface area contributed by atoms with Gasteiger partial charge in [-0.3, -0.25) is 0 Å². The first-order chi connectivity index (χ1) is 16.6. The summed E-state index contributed by atoms with van der Waals surface area (Å²) < 4.78 is 56.9. The number of sulfonamides is 2. The minimum Gasteiger partial charge on any atom is -0.207 e. The van der Waals surface area contributed by atoms with Crippen LogP contribution in [-0.4, -0.2) is 27.2 Å². The SMILES string of the molecule is Cc1ccc(CNS(=O)(=O)c2ccc(S(=O)(=O)N(Cc3ccc(Cl)cc3)C3CCCC3)cc2)cc1. The van der Waals surface area contributed by atoms with Gasteiger partial charge < -0.3 is 0 Å². The van der Waals surface area contributed by atoms with E-state index >= 15 is 0 Å². The third-order valence-corrected chi connectivity index (χ3v) is 9.89. The van der Waals surface area contributed by atoms with E-state index in [1.54, 1.807) is 16.4 Å². The molecule has 4 rings (SSSR count). The molecule has 3 aromatic rings. The standard InChI is InChI=1S/C26H29ClN2O4S2/c1-20-6-8-21(9-7-20)18-28-34(30,31)25-14-16-26(17-15-25)35(32,33)29(24-4-2-3-5-24)19-22-10-12-23(27)13-11-22/h6-17,24,28H,2-5,18-19H2,1H3. The van der Waals surface area contributed by atoms with Crippen molar-refractivity contribution >= 4 is 31.6 Å². The molecule has 1 aliphatic rings. The molecule has 0 saturated heterocycles. The molecule has 0 unspecified atom stereocenters. The van der Waals surface area contributed by atoms with Crippen molar-refractivity contribution < 1.29 is 16.8 Å². The van der Waals surface area contributed by atoms with E-state index in [0.717, 1.165) is 42.4 Å². The zero-order valence-electron chi connectivity index (χ0n) is 19.5. The molecule has 186 valence electrons. The van der Waals surface area contributed by atoms with Gasteiger partial charge in [0.25, 0.3) is 0 Å². The van der Waals surface area contributed by atoms with Crippen LogP contribution in [0.25, 0.3) is 0 Å². The average molecular weight is 533 g/mol. The topological polar surface area (TPSA) is 83.5 Å². The molecule has 1 N–H and O–H groups in total. The van der Waals surface area contributed by atoms with Crippen LogP contribution in [0.2, 0.25) is 5.02 Å². The Kier molecular flexibility index (Phi) is 7.98. The highest BCUT2D eigenvalue weighted by Gasteiger charge is 2.33. The van der Waals surface area contributed by atoms with E-state index in [1.807, 2.05) is 43.3 Å². The van der Waals surface area contributed by atoms with E-state index in [-0.39, 0.29) is 28.9 Å². The zero-order chi connectivity index (χ0) is 25.1. The molecular formula is C26H29ClN2O4S2. The van der Waals surface area contributed by atoms with Crippen LogP contribution in [0.4, 0.5) is 0 Å². The maximum atomic E-state index is 13.6. The second kappa shape index (κ2) is 10.8. The molecule has 1 fully saturated rings. The van der Waals surface area contributed by atoms with E-state index < -0.39 is 20.0 Å². The van der Waals surface area contributed by atoms with Gasteiger partial charge in [0.05, 0.1) is 9.79 Å². The van der Waals surface area contributed by atoms with Crippen LogP contribution in [0.1, 0.15) is 42.4 Å². The van der Waals surface area contributed by atoms with Crippen LogP contribution in [0.3, 0.4) is 0 Å². The Hall–Kier alpha value is -2.23. The minimum absolute atomic E-state index is 0.0219. The van der Waals surface area contributed by atoms with E-state index in [1.165, 1.54) is 24.3 Å². The third kappa shape index (κ3) is 6.32. The molecule has 0 amide bonds. The molecule has 1 aliphatic carbocycles. The van der Waals surface area contributed by atoms with Gasteiger partial charge in [0.1, 0.15) is 0 Å².